The first-order valence-corrected chi connectivity index (χ1v) is 20.0. The average molecular weight is 758 g/mol. The summed E-state index contributed by atoms with van der Waals surface area (Å²) in [6.07, 6.45) is 0. The number of hydrogen-bond donors (Lipinski definition) is 0. The highest BCUT2D eigenvalue weighted by Gasteiger charge is 2.35. The van der Waals surface area contributed by atoms with E-state index in [2.05, 4.69) is 123 Å². The SMILES string of the molecule is CC1(C)c2ccccc2-c2ccc(-c3cccc(-c4ccc5oc6cccc(-c7nc(-c8ccccc8)nc(-c8ccc9c(c8)oc8ccccc89)n7)c6c5c4)c3)cc21. The molecular weight excluding hydrogens is 723 g/mol. The van der Waals surface area contributed by atoms with Crippen LogP contribution in [0.5, 0.6) is 0 Å². The van der Waals surface area contributed by atoms with Gasteiger partial charge in [-0.15, -0.1) is 0 Å². The summed E-state index contributed by atoms with van der Waals surface area (Å²) >= 11 is 0. The van der Waals surface area contributed by atoms with Crippen LogP contribution >= 0.6 is 0 Å². The standard InChI is InChI=1S/C54H35N3O2/c1-54(2)44-19-8-6-16-38(44)39-25-22-36(30-45(39)54)34-15-10-14-33(28-34)35-24-27-47-43(29-35)50-42(18-11-21-48(50)58-47)53-56-51(32-12-4-3-5-13-32)55-52(57-53)37-23-26-41-40-17-7-9-20-46(40)59-49(41)31-37/h3-31H,1-2H3. The van der Waals surface area contributed by atoms with Crippen LogP contribution in [0.4, 0.5) is 0 Å². The molecule has 59 heavy (non-hydrogen) atoms. The van der Waals surface area contributed by atoms with Crippen LogP contribution in [0, 0.1) is 0 Å². The third-order valence-corrected chi connectivity index (χ3v) is 12.2. The van der Waals surface area contributed by atoms with Gasteiger partial charge in [0, 0.05) is 43.7 Å². The van der Waals surface area contributed by atoms with Gasteiger partial charge in [0.05, 0.1) is 0 Å². The predicted octanol–water partition coefficient (Wildman–Crippen LogP) is 14.3. The first-order valence-electron chi connectivity index (χ1n) is 20.0. The molecule has 3 heterocycles. The first kappa shape index (κ1) is 33.5. The second-order valence-corrected chi connectivity index (χ2v) is 16.0. The van der Waals surface area contributed by atoms with Crippen molar-refractivity contribution in [1.82, 2.24) is 15.0 Å². The highest BCUT2D eigenvalue weighted by Crippen LogP contribution is 2.49. The summed E-state index contributed by atoms with van der Waals surface area (Å²) in [6.45, 7) is 4.66. The van der Waals surface area contributed by atoms with Gasteiger partial charge >= 0.3 is 0 Å². The van der Waals surface area contributed by atoms with E-state index in [1.165, 1.54) is 33.4 Å². The summed E-state index contributed by atoms with van der Waals surface area (Å²) < 4.78 is 12.8. The van der Waals surface area contributed by atoms with Crippen molar-refractivity contribution in [2.24, 2.45) is 0 Å². The molecule has 0 saturated heterocycles. The van der Waals surface area contributed by atoms with E-state index in [4.69, 9.17) is 23.8 Å². The van der Waals surface area contributed by atoms with Crippen LogP contribution in [-0.2, 0) is 5.41 Å². The van der Waals surface area contributed by atoms with Crippen LogP contribution in [0.25, 0.3) is 111 Å². The fraction of sp³-hybridized carbons (Fsp3) is 0.0556. The molecule has 3 aromatic heterocycles. The fourth-order valence-corrected chi connectivity index (χ4v) is 9.16. The lowest BCUT2D eigenvalue weighted by atomic mass is 9.81. The number of furan rings is 2. The molecule has 0 aliphatic heterocycles. The zero-order chi connectivity index (χ0) is 39.2. The van der Waals surface area contributed by atoms with Gasteiger partial charge in [-0.25, -0.2) is 15.0 Å². The van der Waals surface area contributed by atoms with Gasteiger partial charge in [-0.05, 0) is 93.0 Å². The largest absolute Gasteiger partial charge is 0.456 e. The molecule has 0 atom stereocenters. The van der Waals surface area contributed by atoms with Crippen molar-refractivity contribution in [3.63, 3.8) is 0 Å². The molecule has 0 bridgehead atoms. The number of hydrogen-bond acceptors (Lipinski definition) is 5. The van der Waals surface area contributed by atoms with Crippen molar-refractivity contribution in [2.75, 3.05) is 0 Å². The lowest BCUT2D eigenvalue weighted by Crippen LogP contribution is -2.14. The quantitative estimate of drug-likeness (QED) is 0.175. The van der Waals surface area contributed by atoms with E-state index < -0.39 is 0 Å². The van der Waals surface area contributed by atoms with Crippen molar-refractivity contribution in [1.29, 1.82) is 0 Å². The maximum atomic E-state index is 6.51. The van der Waals surface area contributed by atoms with Gasteiger partial charge in [-0.1, -0.05) is 141 Å². The third-order valence-electron chi connectivity index (χ3n) is 12.2. The molecule has 0 unspecified atom stereocenters. The summed E-state index contributed by atoms with van der Waals surface area (Å²) in [6, 6.07) is 61.5. The van der Waals surface area contributed by atoms with Gasteiger partial charge < -0.3 is 8.83 Å². The highest BCUT2D eigenvalue weighted by molar-refractivity contribution is 6.13. The number of benzene rings is 8. The maximum absolute atomic E-state index is 6.51. The molecule has 1 aliphatic carbocycles. The lowest BCUT2D eigenvalue weighted by molar-refractivity contribution is 0.660. The Morgan fingerprint density at radius 1 is 0.339 bits per heavy atom. The molecule has 5 heteroatoms. The Bertz CT molecular complexity index is 3480. The molecule has 278 valence electrons. The van der Waals surface area contributed by atoms with E-state index in [0.29, 0.717) is 17.5 Å². The van der Waals surface area contributed by atoms with Crippen molar-refractivity contribution in [2.45, 2.75) is 19.3 Å². The van der Waals surface area contributed by atoms with Crippen molar-refractivity contribution in [3.05, 3.63) is 187 Å². The molecule has 0 amide bonds. The third kappa shape index (κ3) is 5.28. The van der Waals surface area contributed by atoms with Crippen molar-refractivity contribution in [3.8, 4) is 67.5 Å². The van der Waals surface area contributed by atoms with Crippen LogP contribution in [-0.4, -0.2) is 15.0 Å². The predicted molar refractivity (Wildman–Crippen MR) is 239 cm³/mol. The molecular formula is C54H35N3O2. The Balaban J connectivity index is 0.981. The van der Waals surface area contributed by atoms with Gasteiger partial charge in [-0.3, -0.25) is 0 Å². The number of fused-ring (bicyclic) bond motifs is 9. The van der Waals surface area contributed by atoms with E-state index >= 15 is 0 Å². The monoisotopic (exact) mass is 757 g/mol. The first-order chi connectivity index (χ1) is 29.0. The van der Waals surface area contributed by atoms with Crippen LogP contribution in [0.15, 0.2) is 185 Å². The van der Waals surface area contributed by atoms with Crippen molar-refractivity contribution < 1.29 is 8.83 Å². The molecule has 0 saturated carbocycles. The molecule has 0 radical (unpaired) electrons. The van der Waals surface area contributed by atoms with E-state index in [-0.39, 0.29) is 5.41 Å². The van der Waals surface area contributed by atoms with Crippen LogP contribution < -0.4 is 0 Å². The Labute approximate surface area is 340 Å². The summed E-state index contributed by atoms with van der Waals surface area (Å²) in [5, 5.41) is 4.10. The minimum Gasteiger partial charge on any atom is -0.456 e. The highest BCUT2D eigenvalue weighted by atomic mass is 16.3. The van der Waals surface area contributed by atoms with Gasteiger partial charge in [-0.2, -0.15) is 0 Å². The average Bonchev–Trinajstić information content (AvgIpc) is 3.93. The Hall–Kier alpha value is -7.63. The number of para-hydroxylation sites is 1. The molecule has 0 spiro atoms. The molecule has 0 fully saturated rings. The molecule has 12 rings (SSSR count). The Morgan fingerprint density at radius 3 is 1.80 bits per heavy atom. The number of rotatable bonds is 5. The van der Waals surface area contributed by atoms with Crippen molar-refractivity contribution >= 4 is 43.9 Å². The molecule has 5 nitrogen and oxygen atoms in total. The van der Waals surface area contributed by atoms with E-state index in [1.54, 1.807) is 0 Å². The summed E-state index contributed by atoms with van der Waals surface area (Å²) in [7, 11) is 0. The Kier molecular flexibility index (Phi) is 7.20. The fourth-order valence-electron chi connectivity index (χ4n) is 9.16. The smallest absolute Gasteiger partial charge is 0.164 e. The molecule has 1 aliphatic rings. The Morgan fingerprint density at radius 2 is 0.915 bits per heavy atom. The molecule has 11 aromatic rings. The number of nitrogens with zero attached hydrogens (tertiary/aromatic N) is 3. The normalized spacial score (nSPS) is 13.1. The summed E-state index contributed by atoms with van der Waals surface area (Å²) in [5.74, 6) is 1.73. The second kappa shape index (κ2) is 12.7. The minimum atomic E-state index is -0.0616. The minimum absolute atomic E-state index is 0.0616. The van der Waals surface area contributed by atoms with Gasteiger partial charge in [0.15, 0.2) is 17.5 Å². The molecule has 8 aromatic carbocycles. The van der Waals surface area contributed by atoms with Crippen LogP contribution in [0.2, 0.25) is 0 Å². The van der Waals surface area contributed by atoms with E-state index in [0.717, 1.165) is 71.7 Å². The van der Waals surface area contributed by atoms with E-state index in [1.807, 2.05) is 66.7 Å². The summed E-state index contributed by atoms with van der Waals surface area (Å²) in [4.78, 5) is 15.3. The van der Waals surface area contributed by atoms with Gasteiger partial charge in [0.1, 0.15) is 22.3 Å². The van der Waals surface area contributed by atoms with Gasteiger partial charge in [0.2, 0.25) is 0 Å². The zero-order valence-electron chi connectivity index (χ0n) is 32.4. The lowest BCUT2D eigenvalue weighted by Gasteiger charge is -2.22. The summed E-state index contributed by atoms with van der Waals surface area (Å²) in [5.41, 5.74) is 15.8. The van der Waals surface area contributed by atoms with Gasteiger partial charge in [0.25, 0.3) is 0 Å². The topological polar surface area (TPSA) is 65.0 Å². The maximum Gasteiger partial charge on any atom is 0.164 e. The molecule has 0 N–H and O–H groups in total. The number of aromatic nitrogens is 3. The zero-order valence-corrected chi connectivity index (χ0v) is 32.4. The van der Waals surface area contributed by atoms with Crippen LogP contribution in [0.3, 0.4) is 0 Å². The van der Waals surface area contributed by atoms with E-state index in [9.17, 15) is 0 Å². The second-order valence-electron chi connectivity index (χ2n) is 16.0. The van der Waals surface area contributed by atoms with Crippen LogP contribution in [0.1, 0.15) is 25.0 Å².